The molecule has 0 aliphatic carbocycles. The minimum Gasteiger partial charge on any atom is -0.396 e. The minimum atomic E-state index is 0.0262. The van der Waals surface area contributed by atoms with E-state index in [1.54, 1.807) is 0 Å². The van der Waals surface area contributed by atoms with E-state index < -0.39 is 0 Å². The van der Waals surface area contributed by atoms with Crippen LogP contribution in [0.25, 0.3) is 11.0 Å². The molecular formula is C27H37N3O2. The molecule has 5 nitrogen and oxygen atoms in total. The van der Waals surface area contributed by atoms with Crippen molar-refractivity contribution in [2.45, 2.75) is 79.4 Å². The van der Waals surface area contributed by atoms with Gasteiger partial charge in [-0.2, -0.15) is 0 Å². The van der Waals surface area contributed by atoms with Crippen LogP contribution in [0.3, 0.4) is 0 Å². The number of aromatic nitrogens is 2. The summed E-state index contributed by atoms with van der Waals surface area (Å²) in [7, 11) is 0. The van der Waals surface area contributed by atoms with Gasteiger partial charge < -0.3 is 14.6 Å². The molecule has 0 bridgehead atoms. The Morgan fingerprint density at radius 1 is 1.09 bits per heavy atom. The number of hydrogen-bond donors (Lipinski definition) is 1. The minimum absolute atomic E-state index is 0.0262. The fourth-order valence-corrected chi connectivity index (χ4v) is 4.80. The maximum Gasteiger partial charge on any atom is 0.255 e. The third-order valence-electron chi connectivity index (χ3n) is 6.21. The third kappa shape index (κ3) is 4.88. The second-order valence-electron chi connectivity index (χ2n) is 9.14. The Labute approximate surface area is 192 Å². The van der Waals surface area contributed by atoms with E-state index in [1.165, 1.54) is 5.56 Å². The van der Waals surface area contributed by atoms with Crippen molar-refractivity contribution in [2.75, 3.05) is 6.61 Å². The normalized spacial score (nSPS) is 12.5. The summed E-state index contributed by atoms with van der Waals surface area (Å²) in [5.41, 5.74) is 5.97. The Balaban J connectivity index is 2.08. The van der Waals surface area contributed by atoms with Gasteiger partial charge in [0.05, 0.1) is 17.6 Å². The molecule has 3 aromatic rings. The summed E-state index contributed by atoms with van der Waals surface area (Å²) in [6.45, 7) is 12.9. The standard InChI is InChI=1S/C27H37N3O2/c1-7-10-22(13-14-31)30-24-12-9-8-11-23(24)28-25(30)17-29(18(2)3)27(32)26-20(5)15-19(4)16-21(26)6/h8-9,11-12,15-16,18,22,31H,7,10,13-14,17H2,1-6H3. The van der Waals surface area contributed by atoms with Crippen LogP contribution in [-0.4, -0.2) is 38.1 Å². The van der Waals surface area contributed by atoms with Gasteiger partial charge in [-0.1, -0.05) is 43.2 Å². The number of nitrogens with zero attached hydrogens (tertiary/aromatic N) is 3. The van der Waals surface area contributed by atoms with Gasteiger partial charge in [-0.25, -0.2) is 4.98 Å². The van der Waals surface area contributed by atoms with Crippen molar-refractivity contribution in [3.05, 3.63) is 64.5 Å². The van der Waals surface area contributed by atoms with E-state index in [4.69, 9.17) is 4.98 Å². The third-order valence-corrected chi connectivity index (χ3v) is 6.21. The highest BCUT2D eigenvalue weighted by molar-refractivity contribution is 5.97. The Hall–Kier alpha value is -2.66. The summed E-state index contributed by atoms with van der Waals surface area (Å²) >= 11 is 0. The van der Waals surface area contributed by atoms with E-state index in [2.05, 4.69) is 50.5 Å². The summed E-state index contributed by atoms with van der Waals surface area (Å²) in [4.78, 5) is 20.6. The number of amides is 1. The van der Waals surface area contributed by atoms with Gasteiger partial charge in [0.2, 0.25) is 0 Å². The van der Waals surface area contributed by atoms with E-state index >= 15 is 0 Å². The first kappa shape index (κ1) is 24.0. The van der Waals surface area contributed by atoms with Crippen molar-refractivity contribution >= 4 is 16.9 Å². The summed E-state index contributed by atoms with van der Waals surface area (Å²) in [6.07, 6.45) is 2.65. The van der Waals surface area contributed by atoms with Gasteiger partial charge in [0, 0.05) is 24.3 Å². The van der Waals surface area contributed by atoms with Crippen molar-refractivity contribution in [2.24, 2.45) is 0 Å². The summed E-state index contributed by atoms with van der Waals surface area (Å²) in [5.74, 6) is 0.922. The van der Waals surface area contributed by atoms with Crippen LogP contribution in [0.5, 0.6) is 0 Å². The van der Waals surface area contributed by atoms with Crippen molar-refractivity contribution in [3.63, 3.8) is 0 Å². The van der Waals surface area contributed by atoms with Gasteiger partial charge >= 0.3 is 0 Å². The molecular weight excluding hydrogens is 398 g/mol. The second kappa shape index (κ2) is 10.3. The molecule has 0 radical (unpaired) electrons. The van der Waals surface area contributed by atoms with Gasteiger partial charge in [-0.15, -0.1) is 0 Å². The Bertz CT molecular complexity index is 1050. The van der Waals surface area contributed by atoms with E-state index in [1.807, 2.05) is 36.9 Å². The predicted octanol–water partition coefficient (Wildman–Crippen LogP) is 5.74. The number of hydrogen-bond acceptors (Lipinski definition) is 3. The zero-order valence-corrected chi connectivity index (χ0v) is 20.4. The monoisotopic (exact) mass is 435 g/mol. The number of carbonyl (C=O) groups excluding carboxylic acids is 1. The first-order chi connectivity index (χ1) is 15.3. The van der Waals surface area contributed by atoms with Gasteiger partial charge in [-0.3, -0.25) is 4.79 Å². The smallest absolute Gasteiger partial charge is 0.255 e. The molecule has 0 spiro atoms. The fraction of sp³-hybridized carbons (Fsp3) is 0.481. The van der Waals surface area contributed by atoms with Crippen LogP contribution in [0.1, 0.15) is 78.9 Å². The van der Waals surface area contributed by atoms with Crippen molar-refractivity contribution < 1.29 is 9.90 Å². The quantitative estimate of drug-likeness (QED) is 0.466. The van der Waals surface area contributed by atoms with E-state index in [9.17, 15) is 9.90 Å². The second-order valence-corrected chi connectivity index (χ2v) is 9.14. The van der Waals surface area contributed by atoms with Gasteiger partial charge in [0.15, 0.2) is 0 Å². The molecule has 3 rings (SSSR count). The molecule has 1 amide bonds. The van der Waals surface area contributed by atoms with Gasteiger partial charge in [0.25, 0.3) is 5.91 Å². The number of aryl methyl sites for hydroxylation is 3. The highest BCUT2D eigenvalue weighted by atomic mass is 16.3. The first-order valence-electron chi connectivity index (χ1n) is 11.7. The van der Waals surface area contributed by atoms with Crippen molar-refractivity contribution in [1.29, 1.82) is 0 Å². The van der Waals surface area contributed by atoms with E-state index in [0.717, 1.165) is 46.4 Å². The largest absolute Gasteiger partial charge is 0.396 e. The zero-order chi connectivity index (χ0) is 23.4. The number of para-hydroxylation sites is 2. The van der Waals surface area contributed by atoms with Crippen LogP contribution in [0.2, 0.25) is 0 Å². The molecule has 1 aromatic heterocycles. The van der Waals surface area contributed by atoms with Crippen LogP contribution in [-0.2, 0) is 6.54 Å². The molecule has 1 atom stereocenters. The van der Waals surface area contributed by atoms with Gasteiger partial charge in [0.1, 0.15) is 5.82 Å². The maximum atomic E-state index is 13.7. The predicted molar refractivity (Wildman–Crippen MR) is 131 cm³/mol. The Morgan fingerprint density at radius 3 is 2.34 bits per heavy atom. The lowest BCUT2D eigenvalue weighted by atomic mass is 9.98. The van der Waals surface area contributed by atoms with Crippen LogP contribution >= 0.6 is 0 Å². The van der Waals surface area contributed by atoms with Crippen molar-refractivity contribution in [3.8, 4) is 0 Å². The molecule has 0 aliphatic rings. The average molecular weight is 436 g/mol. The van der Waals surface area contributed by atoms with Crippen LogP contribution in [0.4, 0.5) is 0 Å². The molecule has 5 heteroatoms. The van der Waals surface area contributed by atoms with E-state index in [-0.39, 0.29) is 24.6 Å². The molecule has 2 aromatic carbocycles. The lowest BCUT2D eigenvalue weighted by Crippen LogP contribution is -2.38. The molecule has 172 valence electrons. The topological polar surface area (TPSA) is 58.4 Å². The van der Waals surface area contributed by atoms with Crippen LogP contribution < -0.4 is 0 Å². The number of fused-ring (bicyclic) bond motifs is 1. The number of benzene rings is 2. The number of aliphatic hydroxyl groups is 1. The summed E-state index contributed by atoms with van der Waals surface area (Å²) in [5, 5.41) is 9.72. The van der Waals surface area contributed by atoms with E-state index in [0.29, 0.717) is 13.0 Å². The fourth-order valence-electron chi connectivity index (χ4n) is 4.80. The SMILES string of the molecule is CCCC(CCO)n1c(CN(C(=O)c2c(C)cc(C)cc2C)C(C)C)nc2ccccc21. The number of imidazole rings is 1. The molecule has 0 fully saturated rings. The van der Waals surface area contributed by atoms with Gasteiger partial charge in [-0.05, 0) is 70.7 Å². The Kier molecular flexibility index (Phi) is 7.73. The Morgan fingerprint density at radius 2 is 1.75 bits per heavy atom. The average Bonchev–Trinajstić information content (AvgIpc) is 3.08. The first-order valence-corrected chi connectivity index (χ1v) is 11.7. The zero-order valence-electron chi connectivity index (χ0n) is 20.4. The van der Waals surface area contributed by atoms with Crippen LogP contribution in [0.15, 0.2) is 36.4 Å². The molecule has 1 heterocycles. The lowest BCUT2D eigenvalue weighted by Gasteiger charge is -2.29. The maximum absolute atomic E-state index is 13.7. The molecule has 1 unspecified atom stereocenters. The lowest BCUT2D eigenvalue weighted by molar-refractivity contribution is 0.0679. The molecule has 1 N–H and O–H groups in total. The highest BCUT2D eigenvalue weighted by Gasteiger charge is 2.26. The van der Waals surface area contributed by atoms with Crippen molar-refractivity contribution in [1.82, 2.24) is 14.5 Å². The summed E-state index contributed by atoms with van der Waals surface area (Å²) < 4.78 is 2.26. The molecule has 0 aliphatic heterocycles. The molecule has 0 saturated carbocycles. The number of aliphatic hydroxyl groups excluding tert-OH is 1. The molecule has 32 heavy (non-hydrogen) atoms. The number of rotatable bonds is 9. The number of carbonyl (C=O) groups is 1. The summed E-state index contributed by atoms with van der Waals surface area (Å²) in [6, 6.07) is 12.5. The van der Waals surface area contributed by atoms with Crippen LogP contribution in [0, 0.1) is 20.8 Å². The molecule has 0 saturated heterocycles. The highest BCUT2D eigenvalue weighted by Crippen LogP contribution is 2.28.